The summed E-state index contributed by atoms with van der Waals surface area (Å²) < 4.78 is 7.53. The number of rotatable bonds is 2. The number of methoxy groups -OCH3 is 1. The number of nitrogens with zero attached hydrogens (tertiary/aromatic N) is 2. The van der Waals surface area contributed by atoms with Gasteiger partial charge in [0.2, 0.25) is 0 Å². The first-order chi connectivity index (χ1) is 8.15. The van der Waals surface area contributed by atoms with Crippen molar-refractivity contribution in [2.45, 2.75) is 0 Å². The van der Waals surface area contributed by atoms with Crippen molar-refractivity contribution in [2.24, 2.45) is 0 Å². The summed E-state index contributed by atoms with van der Waals surface area (Å²) in [4.78, 5) is 12.0. The highest BCUT2D eigenvalue weighted by atomic mass is 79.9. The molecule has 0 saturated heterocycles. The largest absolute Gasteiger partial charge is 0.494 e. The normalized spacial score (nSPS) is 10.3. The van der Waals surface area contributed by atoms with Crippen LogP contribution < -0.4 is 10.3 Å². The van der Waals surface area contributed by atoms with E-state index in [-0.39, 0.29) is 5.56 Å². The fourth-order valence-corrected chi connectivity index (χ4v) is 1.92. The fourth-order valence-electron chi connectivity index (χ4n) is 1.39. The molecule has 6 heteroatoms. The third kappa shape index (κ3) is 2.28. The van der Waals surface area contributed by atoms with Gasteiger partial charge >= 0.3 is 0 Å². The van der Waals surface area contributed by atoms with E-state index in [0.29, 0.717) is 20.4 Å². The highest BCUT2D eigenvalue weighted by Gasteiger charge is 2.11. The third-order valence-corrected chi connectivity index (χ3v) is 4.09. The van der Waals surface area contributed by atoms with Crippen LogP contribution in [-0.2, 0) is 0 Å². The van der Waals surface area contributed by atoms with Gasteiger partial charge < -0.3 is 4.74 Å². The van der Waals surface area contributed by atoms with E-state index in [2.05, 4.69) is 37.0 Å². The van der Waals surface area contributed by atoms with E-state index >= 15 is 0 Å². The lowest BCUT2D eigenvalue weighted by Gasteiger charge is -2.09. The van der Waals surface area contributed by atoms with Crippen LogP contribution in [0.2, 0.25) is 0 Å². The Kier molecular flexibility index (Phi) is 3.63. The molecule has 0 amide bonds. The molecular weight excluding hydrogens is 352 g/mol. The minimum atomic E-state index is -0.246. The Hall–Kier alpha value is -1.14. The van der Waals surface area contributed by atoms with Crippen molar-refractivity contribution in [3.8, 4) is 11.4 Å². The molecular formula is C11H8Br2N2O2. The van der Waals surface area contributed by atoms with Crippen molar-refractivity contribution in [3.63, 3.8) is 0 Å². The first-order valence-corrected chi connectivity index (χ1v) is 6.30. The summed E-state index contributed by atoms with van der Waals surface area (Å²) in [7, 11) is 1.55. The standard InChI is InChI=1S/C11H8Br2N2O2/c1-17-9-5-3-2-4-8(9)15-11(16)10(13)7(12)6-14-15/h2-6H,1H3. The van der Waals surface area contributed by atoms with Crippen LogP contribution in [0.5, 0.6) is 5.75 Å². The molecule has 4 nitrogen and oxygen atoms in total. The minimum Gasteiger partial charge on any atom is -0.494 e. The lowest BCUT2D eigenvalue weighted by Crippen LogP contribution is -2.22. The first-order valence-electron chi connectivity index (χ1n) is 4.72. The van der Waals surface area contributed by atoms with Gasteiger partial charge in [-0.25, -0.2) is 0 Å². The Labute approximate surface area is 114 Å². The Morgan fingerprint density at radius 1 is 1.29 bits per heavy atom. The summed E-state index contributed by atoms with van der Waals surface area (Å²) in [6.45, 7) is 0. The average Bonchev–Trinajstić information content (AvgIpc) is 2.36. The van der Waals surface area contributed by atoms with Gasteiger partial charge in [0.05, 0.1) is 17.8 Å². The Bertz CT molecular complexity index is 611. The lowest BCUT2D eigenvalue weighted by molar-refractivity contribution is 0.411. The van der Waals surface area contributed by atoms with Gasteiger partial charge in [-0.2, -0.15) is 9.78 Å². The van der Waals surface area contributed by atoms with Gasteiger partial charge in [-0.05, 0) is 44.0 Å². The summed E-state index contributed by atoms with van der Waals surface area (Å²) in [6, 6.07) is 7.20. The number of ether oxygens (including phenoxy) is 1. The molecule has 1 heterocycles. The lowest BCUT2D eigenvalue weighted by atomic mass is 10.3. The molecule has 17 heavy (non-hydrogen) atoms. The van der Waals surface area contributed by atoms with Crippen LogP contribution in [-0.4, -0.2) is 16.9 Å². The van der Waals surface area contributed by atoms with Gasteiger partial charge in [-0.15, -0.1) is 0 Å². The summed E-state index contributed by atoms with van der Waals surface area (Å²) in [5.74, 6) is 0.594. The quantitative estimate of drug-likeness (QED) is 0.828. The average molecular weight is 360 g/mol. The Morgan fingerprint density at radius 2 is 2.00 bits per heavy atom. The van der Waals surface area contributed by atoms with Crippen LogP contribution in [0.4, 0.5) is 0 Å². The number of aromatic nitrogens is 2. The topological polar surface area (TPSA) is 44.1 Å². The highest BCUT2D eigenvalue weighted by Crippen LogP contribution is 2.22. The van der Waals surface area contributed by atoms with E-state index in [9.17, 15) is 4.79 Å². The van der Waals surface area contributed by atoms with Gasteiger partial charge in [0.1, 0.15) is 15.9 Å². The maximum atomic E-state index is 12.0. The van der Waals surface area contributed by atoms with Gasteiger partial charge in [0.25, 0.3) is 5.56 Å². The molecule has 0 saturated carbocycles. The second-order valence-corrected chi connectivity index (χ2v) is 4.84. The zero-order valence-electron chi connectivity index (χ0n) is 8.85. The van der Waals surface area contributed by atoms with Gasteiger partial charge in [-0.3, -0.25) is 4.79 Å². The molecule has 2 aromatic rings. The molecule has 88 valence electrons. The second-order valence-electron chi connectivity index (χ2n) is 3.20. The Balaban J connectivity index is 2.70. The fraction of sp³-hybridized carbons (Fsp3) is 0.0909. The molecule has 0 N–H and O–H groups in total. The summed E-state index contributed by atoms with van der Waals surface area (Å²) in [5.41, 5.74) is 0.358. The van der Waals surface area contributed by atoms with Crippen LogP contribution in [0.3, 0.4) is 0 Å². The highest BCUT2D eigenvalue weighted by molar-refractivity contribution is 9.13. The summed E-state index contributed by atoms with van der Waals surface area (Å²) in [5, 5.41) is 4.06. The summed E-state index contributed by atoms with van der Waals surface area (Å²) >= 11 is 6.45. The second kappa shape index (κ2) is 5.01. The number of halogens is 2. The molecule has 0 spiro atoms. The minimum absolute atomic E-state index is 0.246. The van der Waals surface area contributed by atoms with Crippen molar-refractivity contribution < 1.29 is 4.74 Å². The van der Waals surface area contributed by atoms with Crippen LogP contribution in [0.25, 0.3) is 5.69 Å². The van der Waals surface area contributed by atoms with Crippen molar-refractivity contribution in [1.82, 2.24) is 9.78 Å². The van der Waals surface area contributed by atoms with Gasteiger partial charge in [0.15, 0.2) is 0 Å². The number of hydrogen-bond acceptors (Lipinski definition) is 3. The molecule has 0 aliphatic carbocycles. The van der Waals surface area contributed by atoms with E-state index in [1.54, 1.807) is 25.4 Å². The van der Waals surface area contributed by atoms with Crippen molar-refractivity contribution in [3.05, 3.63) is 49.8 Å². The number of para-hydroxylation sites is 2. The molecule has 0 fully saturated rings. The van der Waals surface area contributed by atoms with E-state index in [4.69, 9.17) is 4.74 Å². The monoisotopic (exact) mass is 358 g/mol. The molecule has 1 aromatic heterocycles. The zero-order chi connectivity index (χ0) is 12.4. The van der Waals surface area contributed by atoms with E-state index in [1.807, 2.05) is 12.1 Å². The number of benzene rings is 1. The molecule has 0 bridgehead atoms. The maximum Gasteiger partial charge on any atom is 0.287 e. The zero-order valence-corrected chi connectivity index (χ0v) is 12.0. The first kappa shape index (κ1) is 12.3. The summed E-state index contributed by atoms with van der Waals surface area (Å²) in [6.07, 6.45) is 1.55. The molecule has 1 aromatic carbocycles. The predicted octanol–water partition coefficient (Wildman–Crippen LogP) is 2.77. The molecule has 0 radical (unpaired) electrons. The molecule has 2 rings (SSSR count). The molecule has 0 unspecified atom stereocenters. The molecule has 0 aliphatic rings. The van der Waals surface area contributed by atoms with Crippen LogP contribution in [0.1, 0.15) is 0 Å². The van der Waals surface area contributed by atoms with Crippen LogP contribution in [0.15, 0.2) is 44.2 Å². The van der Waals surface area contributed by atoms with E-state index < -0.39 is 0 Å². The van der Waals surface area contributed by atoms with Crippen LogP contribution >= 0.6 is 31.9 Å². The van der Waals surface area contributed by atoms with Crippen molar-refractivity contribution in [2.75, 3.05) is 7.11 Å². The smallest absolute Gasteiger partial charge is 0.287 e. The third-order valence-electron chi connectivity index (χ3n) is 2.19. The van der Waals surface area contributed by atoms with Crippen LogP contribution in [0, 0.1) is 0 Å². The predicted molar refractivity (Wildman–Crippen MR) is 71.8 cm³/mol. The van der Waals surface area contributed by atoms with E-state index in [1.165, 1.54) is 4.68 Å². The van der Waals surface area contributed by atoms with E-state index in [0.717, 1.165) is 0 Å². The number of hydrogen-bond donors (Lipinski definition) is 0. The maximum absolute atomic E-state index is 12.0. The van der Waals surface area contributed by atoms with Crippen molar-refractivity contribution in [1.29, 1.82) is 0 Å². The Morgan fingerprint density at radius 3 is 2.71 bits per heavy atom. The molecule has 0 aliphatic heterocycles. The van der Waals surface area contributed by atoms with Gasteiger partial charge in [-0.1, -0.05) is 12.1 Å². The molecule has 0 atom stereocenters. The van der Waals surface area contributed by atoms with Crippen molar-refractivity contribution >= 4 is 31.9 Å². The van der Waals surface area contributed by atoms with Gasteiger partial charge in [0, 0.05) is 0 Å². The SMILES string of the molecule is COc1ccccc1-n1ncc(Br)c(Br)c1=O.